The van der Waals surface area contributed by atoms with Gasteiger partial charge in [-0.05, 0) is 33.2 Å². The average molecular weight is 157 g/mol. The Bertz CT molecular complexity index is 114. The number of hydrogen-bond donors (Lipinski definition) is 0. The lowest BCUT2D eigenvalue weighted by molar-refractivity contribution is 0.0984. The molecule has 0 radical (unpaired) electrons. The zero-order valence-electron chi connectivity index (χ0n) is 7.84. The predicted octanol–water partition coefficient (Wildman–Crippen LogP) is 1.51. The van der Waals surface area contributed by atoms with E-state index in [1.807, 2.05) is 0 Å². The summed E-state index contributed by atoms with van der Waals surface area (Å²) >= 11 is 0. The van der Waals surface area contributed by atoms with Crippen molar-refractivity contribution in [2.45, 2.75) is 38.8 Å². The Labute approximate surface area is 69.5 Å². The third kappa shape index (κ3) is 2.17. The fourth-order valence-electron chi connectivity index (χ4n) is 1.91. The second-order valence-corrected chi connectivity index (χ2v) is 3.58. The number of hydrogen-bond acceptors (Lipinski definition) is 2. The molecule has 1 aliphatic rings. The Morgan fingerprint density at radius 2 is 2.27 bits per heavy atom. The van der Waals surface area contributed by atoms with E-state index < -0.39 is 0 Å². The molecule has 1 rings (SSSR count). The summed E-state index contributed by atoms with van der Waals surface area (Å²) in [5.41, 5.74) is 0. The van der Waals surface area contributed by atoms with Crippen molar-refractivity contribution in [3.63, 3.8) is 0 Å². The van der Waals surface area contributed by atoms with Crippen LogP contribution in [0, 0.1) is 0 Å². The highest BCUT2D eigenvalue weighted by Crippen LogP contribution is 2.19. The Balaban J connectivity index is 2.37. The second kappa shape index (κ2) is 4.07. The standard InChI is InChI=1S/C9H19NO/c1-8(2)10-6-4-5-9(10)7-11-3/h8-9H,4-7H2,1-3H3/t9-/m0/s1. The molecule has 1 heterocycles. The fourth-order valence-corrected chi connectivity index (χ4v) is 1.91. The number of nitrogens with zero attached hydrogens (tertiary/aromatic N) is 1. The minimum atomic E-state index is 0.678. The quantitative estimate of drug-likeness (QED) is 0.615. The third-order valence-electron chi connectivity index (χ3n) is 2.45. The summed E-state index contributed by atoms with van der Waals surface area (Å²) in [7, 11) is 1.79. The van der Waals surface area contributed by atoms with Gasteiger partial charge in [-0.1, -0.05) is 0 Å². The second-order valence-electron chi connectivity index (χ2n) is 3.58. The summed E-state index contributed by atoms with van der Waals surface area (Å²) < 4.78 is 5.16. The summed E-state index contributed by atoms with van der Waals surface area (Å²) in [5, 5.41) is 0. The predicted molar refractivity (Wildman–Crippen MR) is 46.7 cm³/mol. The van der Waals surface area contributed by atoms with Crippen molar-refractivity contribution in [1.29, 1.82) is 0 Å². The summed E-state index contributed by atoms with van der Waals surface area (Å²) in [6, 6.07) is 1.36. The van der Waals surface area contributed by atoms with Crippen LogP contribution in [-0.2, 0) is 4.74 Å². The average Bonchev–Trinajstić information content (AvgIpc) is 2.36. The van der Waals surface area contributed by atoms with Crippen LogP contribution in [0.4, 0.5) is 0 Å². The molecule has 1 saturated heterocycles. The summed E-state index contributed by atoms with van der Waals surface area (Å²) in [6.45, 7) is 6.67. The first-order chi connectivity index (χ1) is 5.25. The maximum Gasteiger partial charge on any atom is 0.0618 e. The minimum absolute atomic E-state index is 0.678. The van der Waals surface area contributed by atoms with Crippen LogP contribution in [0.2, 0.25) is 0 Å². The van der Waals surface area contributed by atoms with Crippen LogP contribution in [0.15, 0.2) is 0 Å². The van der Waals surface area contributed by atoms with Gasteiger partial charge in [0.25, 0.3) is 0 Å². The topological polar surface area (TPSA) is 12.5 Å². The first-order valence-electron chi connectivity index (χ1n) is 4.50. The van der Waals surface area contributed by atoms with Crippen LogP contribution < -0.4 is 0 Å². The molecule has 0 aliphatic carbocycles. The summed E-state index contributed by atoms with van der Waals surface area (Å²) in [6.07, 6.45) is 2.65. The lowest BCUT2D eigenvalue weighted by atomic mass is 10.2. The van der Waals surface area contributed by atoms with Gasteiger partial charge in [-0.15, -0.1) is 0 Å². The van der Waals surface area contributed by atoms with E-state index in [4.69, 9.17) is 4.74 Å². The molecule has 0 spiro atoms. The van der Waals surface area contributed by atoms with Crippen molar-refractivity contribution >= 4 is 0 Å². The molecule has 0 N–H and O–H groups in total. The van der Waals surface area contributed by atoms with Gasteiger partial charge >= 0.3 is 0 Å². The molecule has 2 heteroatoms. The molecule has 0 bridgehead atoms. The number of rotatable bonds is 3. The largest absolute Gasteiger partial charge is 0.383 e. The number of ether oxygens (including phenoxy) is 1. The monoisotopic (exact) mass is 157 g/mol. The van der Waals surface area contributed by atoms with Crippen molar-refractivity contribution in [2.75, 3.05) is 20.3 Å². The lowest BCUT2D eigenvalue weighted by Crippen LogP contribution is -2.37. The molecule has 2 nitrogen and oxygen atoms in total. The van der Waals surface area contributed by atoms with E-state index in [0.29, 0.717) is 12.1 Å². The van der Waals surface area contributed by atoms with Gasteiger partial charge in [-0.25, -0.2) is 0 Å². The first-order valence-corrected chi connectivity index (χ1v) is 4.50. The molecule has 11 heavy (non-hydrogen) atoms. The van der Waals surface area contributed by atoms with Crippen molar-refractivity contribution in [2.24, 2.45) is 0 Å². The van der Waals surface area contributed by atoms with Gasteiger partial charge in [0.15, 0.2) is 0 Å². The lowest BCUT2D eigenvalue weighted by Gasteiger charge is -2.27. The molecule has 0 aromatic heterocycles. The molecule has 0 aromatic rings. The van der Waals surface area contributed by atoms with Crippen LogP contribution in [0.5, 0.6) is 0 Å². The van der Waals surface area contributed by atoms with E-state index in [2.05, 4.69) is 18.7 Å². The molecule has 1 atom stereocenters. The van der Waals surface area contributed by atoms with Crippen LogP contribution in [-0.4, -0.2) is 37.2 Å². The van der Waals surface area contributed by atoms with Gasteiger partial charge in [0.2, 0.25) is 0 Å². The zero-order chi connectivity index (χ0) is 8.27. The molecular formula is C9H19NO. The molecular weight excluding hydrogens is 138 g/mol. The van der Waals surface area contributed by atoms with Crippen molar-refractivity contribution in [1.82, 2.24) is 4.90 Å². The van der Waals surface area contributed by atoms with E-state index >= 15 is 0 Å². The van der Waals surface area contributed by atoms with Crippen LogP contribution in [0.3, 0.4) is 0 Å². The van der Waals surface area contributed by atoms with E-state index in [-0.39, 0.29) is 0 Å². The third-order valence-corrected chi connectivity index (χ3v) is 2.45. The van der Waals surface area contributed by atoms with E-state index in [9.17, 15) is 0 Å². The van der Waals surface area contributed by atoms with Crippen LogP contribution >= 0.6 is 0 Å². The van der Waals surface area contributed by atoms with E-state index in [1.165, 1.54) is 19.4 Å². The van der Waals surface area contributed by atoms with Gasteiger partial charge in [0, 0.05) is 19.2 Å². The van der Waals surface area contributed by atoms with Crippen molar-refractivity contribution < 1.29 is 4.74 Å². The van der Waals surface area contributed by atoms with Crippen molar-refractivity contribution in [3.8, 4) is 0 Å². The first kappa shape index (κ1) is 9.01. The molecule has 0 unspecified atom stereocenters. The maximum absolute atomic E-state index is 5.16. The molecule has 0 aromatic carbocycles. The molecule has 0 amide bonds. The van der Waals surface area contributed by atoms with Gasteiger partial charge < -0.3 is 4.74 Å². The van der Waals surface area contributed by atoms with E-state index in [1.54, 1.807) is 7.11 Å². The van der Waals surface area contributed by atoms with Crippen LogP contribution in [0.1, 0.15) is 26.7 Å². The zero-order valence-corrected chi connectivity index (χ0v) is 7.84. The molecule has 0 saturated carbocycles. The number of likely N-dealkylation sites (tertiary alicyclic amines) is 1. The van der Waals surface area contributed by atoms with E-state index in [0.717, 1.165) is 6.61 Å². The Hall–Kier alpha value is -0.0800. The van der Waals surface area contributed by atoms with Gasteiger partial charge in [-0.3, -0.25) is 4.90 Å². The van der Waals surface area contributed by atoms with Crippen molar-refractivity contribution in [3.05, 3.63) is 0 Å². The molecule has 1 fully saturated rings. The summed E-state index contributed by atoms with van der Waals surface area (Å²) in [4.78, 5) is 2.53. The Morgan fingerprint density at radius 1 is 1.55 bits per heavy atom. The highest BCUT2D eigenvalue weighted by atomic mass is 16.5. The summed E-state index contributed by atoms with van der Waals surface area (Å²) in [5.74, 6) is 0. The van der Waals surface area contributed by atoms with Crippen LogP contribution in [0.25, 0.3) is 0 Å². The van der Waals surface area contributed by atoms with Gasteiger partial charge in [-0.2, -0.15) is 0 Å². The highest BCUT2D eigenvalue weighted by Gasteiger charge is 2.25. The van der Waals surface area contributed by atoms with Gasteiger partial charge in [0.1, 0.15) is 0 Å². The Kier molecular flexibility index (Phi) is 3.34. The Morgan fingerprint density at radius 3 is 2.82 bits per heavy atom. The molecule has 66 valence electrons. The fraction of sp³-hybridized carbons (Fsp3) is 1.00. The maximum atomic E-state index is 5.16. The highest BCUT2D eigenvalue weighted by molar-refractivity contribution is 4.80. The molecule has 1 aliphatic heterocycles. The smallest absolute Gasteiger partial charge is 0.0618 e. The van der Waals surface area contributed by atoms with Gasteiger partial charge in [0.05, 0.1) is 6.61 Å². The normalized spacial score (nSPS) is 26.7. The number of methoxy groups -OCH3 is 1. The minimum Gasteiger partial charge on any atom is -0.383 e. The SMILES string of the molecule is COC[C@@H]1CCCN1C(C)C.